The van der Waals surface area contributed by atoms with Crippen molar-refractivity contribution in [2.75, 3.05) is 13.2 Å². The fourth-order valence-corrected chi connectivity index (χ4v) is 3.25. The zero-order valence-corrected chi connectivity index (χ0v) is 32.7. The fraction of sp³-hybridized carbons (Fsp3) is 0.485. The summed E-state index contributed by atoms with van der Waals surface area (Å²) in [6, 6.07) is 0. The summed E-state index contributed by atoms with van der Waals surface area (Å²) in [6.45, 7) is 2.23. The van der Waals surface area contributed by atoms with Crippen molar-refractivity contribution in [3.63, 3.8) is 0 Å². The number of thiol groups is 1. The van der Waals surface area contributed by atoms with Gasteiger partial charge in [0.05, 0.1) is 14.4 Å². The molecule has 0 saturated heterocycles. The molecule has 0 aromatic carbocycles. The third kappa shape index (κ3) is 46.4. The van der Waals surface area contributed by atoms with E-state index < -0.39 is 39.1 Å². The zero-order chi connectivity index (χ0) is 33.3. The number of hydrogen-bond donors (Lipinski definition) is 1. The van der Waals surface area contributed by atoms with E-state index in [1.165, 1.54) is 45.4 Å². The SMILES string of the molecule is C#CC#CC#CC#CC#CC#CC#CC(=O)OC[C@H](COP(=O)([O-])[O-])OC(=O)CCCCCCCCCCCC.CC(=O)S.[HH].[HH].[HH].[HH].[HH].[HH].[HH].[HH].[HH].[HH].[HH].[HH].[HH].[Na+].[Na+]. The molecule has 0 unspecified atom stereocenters. The summed E-state index contributed by atoms with van der Waals surface area (Å²) in [5, 5.41) is -0.139. The molecular weight excluding hydrogens is 649 g/mol. The summed E-state index contributed by atoms with van der Waals surface area (Å²) in [6.07, 6.45) is 14.7. The van der Waals surface area contributed by atoms with Gasteiger partial charge in [0, 0.05) is 37.8 Å². The van der Waals surface area contributed by atoms with Crippen LogP contribution in [0.15, 0.2) is 0 Å². The monoisotopic (exact) mass is 710 g/mol. The molecule has 0 aliphatic heterocycles. The minimum absolute atomic E-state index is 0. The van der Waals surface area contributed by atoms with Crippen molar-refractivity contribution in [1.29, 1.82) is 0 Å². The molecule has 0 aliphatic rings. The largest absolute Gasteiger partial charge is 1.00 e. The Balaban J connectivity index is -0.0000000590. The van der Waals surface area contributed by atoms with Crippen LogP contribution in [0.5, 0.6) is 0 Å². The Morgan fingerprint density at radius 2 is 1.17 bits per heavy atom. The molecule has 0 N–H and O–H groups in total. The van der Waals surface area contributed by atoms with Crippen LogP contribution in [0.4, 0.5) is 0 Å². The van der Waals surface area contributed by atoms with Gasteiger partial charge in [-0.3, -0.25) is 9.59 Å². The van der Waals surface area contributed by atoms with E-state index in [0.717, 1.165) is 19.3 Å². The molecule has 46 heavy (non-hydrogen) atoms. The van der Waals surface area contributed by atoms with Crippen LogP contribution in [0.1, 0.15) is 103 Å². The molecule has 0 radical (unpaired) electrons. The number of phosphoric acid groups is 1. The summed E-state index contributed by atoms with van der Waals surface area (Å²) in [5.41, 5.74) is 0. The van der Waals surface area contributed by atoms with Gasteiger partial charge in [-0.1, -0.05) is 64.7 Å². The molecule has 0 saturated carbocycles. The standard InChI is InChI=1S/C31H33O8P.C2H4OS.2Na.13H2/c1-3-5-7-9-11-13-15-16-18-19-21-23-25-30(32)37-27-29(28-38-40(34,35)36)39-31(33)26-24-22-20-17-14-12-10-8-6-4-2;1-2(3)4;;;;;;;;;;;;;;;/h1,29H,4,6,8,10,12,14,17,20,22,24,26-28H2,2H3,(H2,34,35,36);1H3,(H,3,4);;;13*1H/q;;2*+1;;;;;;;;;;;;;/p-2/t29-;;;;;;;;;;;;;;;;/m1................/s1. The Kier molecular flexibility index (Phi) is 41.4. The van der Waals surface area contributed by atoms with Crippen LogP contribution in [-0.2, 0) is 32.9 Å². The van der Waals surface area contributed by atoms with Crippen molar-refractivity contribution in [2.45, 2.75) is 90.6 Å². The molecule has 260 valence electrons. The van der Waals surface area contributed by atoms with Gasteiger partial charge in [0.1, 0.15) is 6.61 Å². The molecule has 0 heterocycles. The second kappa shape index (κ2) is 37.4. The van der Waals surface area contributed by atoms with Gasteiger partial charge < -0.3 is 28.3 Å². The third-order valence-electron chi connectivity index (χ3n) is 4.71. The molecule has 0 amide bonds. The van der Waals surface area contributed by atoms with Crippen LogP contribution >= 0.6 is 20.5 Å². The first-order valence-corrected chi connectivity index (χ1v) is 15.6. The van der Waals surface area contributed by atoms with E-state index in [-0.39, 0.29) is 89.2 Å². The number of unbranched alkanes of at least 4 members (excludes halogenated alkanes) is 9. The minimum Gasteiger partial charge on any atom is -0.790 e. The van der Waals surface area contributed by atoms with Crippen molar-refractivity contribution in [3.8, 4) is 83.4 Å². The number of rotatable bonds is 17. The van der Waals surface area contributed by atoms with Crippen LogP contribution in [0, 0.1) is 83.4 Å². The zero-order valence-electron chi connectivity index (χ0n) is 26.9. The van der Waals surface area contributed by atoms with Crippen LogP contribution in [0.3, 0.4) is 0 Å². The maximum Gasteiger partial charge on any atom is 1.00 e. The van der Waals surface area contributed by atoms with Crippen LogP contribution in [0.2, 0.25) is 0 Å². The van der Waals surface area contributed by atoms with Crippen LogP contribution in [-0.4, -0.2) is 36.4 Å². The van der Waals surface area contributed by atoms with E-state index >= 15 is 0 Å². The summed E-state index contributed by atoms with van der Waals surface area (Å²) in [7, 11) is -5.32. The summed E-state index contributed by atoms with van der Waals surface area (Å²) < 4.78 is 24.9. The normalized spacial score (nSPS) is 9.04. The Labute approximate surface area is 343 Å². The quantitative estimate of drug-likeness (QED) is 0.0418. The Hall–Kier alpha value is -2.01. The first-order chi connectivity index (χ1) is 21.0. The predicted molar refractivity (Wildman–Crippen MR) is 193 cm³/mol. The fourth-order valence-electron chi connectivity index (χ4n) is 2.90. The first-order valence-electron chi connectivity index (χ1n) is 13.7. The maximum atomic E-state index is 12.1. The molecule has 0 spiro atoms. The van der Waals surface area contributed by atoms with E-state index in [4.69, 9.17) is 15.9 Å². The van der Waals surface area contributed by atoms with E-state index in [0.29, 0.717) is 6.42 Å². The molecule has 0 aliphatic carbocycles. The summed E-state index contributed by atoms with van der Waals surface area (Å²) in [4.78, 5) is 54.8. The van der Waals surface area contributed by atoms with Gasteiger partial charge in [0.25, 0.3) is 0 Å². The summed E-state index contributed by atoms with van der Waals surface area (Å²) in [5.74, 6) is 28.4. The molecule has 9 nitrogen and oxygen atoms in total. The number of esters is 2. The van der Waals surface area contributed by atoms with Gasteiger partial charge in [-0.15, -0.1) is 19.1 Å². The third-order valence-corrected chi connectivity index (χ3v) is 5.18. The van der Waals surface area contributed by atoms with Crippen molar-refractivity contribution >= 4 is 37.5 Å². The topological polar surface area (TPSA) is 142 Å². The average Bonchev–Trinajstić information content (AvgIpc) is 2.95. The summed E-state index contributed by atoms with van der Waals surface area (Å²) >= 11 is 3.33. The van der Waals surface area contributed by atoms with Gasteiger partial charge in [-0.2, -0.15) is 0 Å². The number of phosphoric ester groups is 1. The van der Waals surface area contributed by atoms with Crippen LogP contribution in [0.25, 0.3) is 0 Å². The molecule has 0 bridgehead atoms. The molecule has 13 heteroatoms. The van der Waals surface area contributed by atoms with Gasteiger partial charge in [-0.25, -0.2) is 4.79 Å². The van der Waals surface area contributed by atoms with Crippen molar-refractivity contribution < 1.29 is 120 Å². The Bertz CT molecular complexity index is 1420. The van der Waals surface area contributed by atoms with E-state index in [2.05, 4.69) is 101 Å². The average molecular weight is 711 g/mol. The molecule has 0 aromatic rings. The first kappa shape index (κ1) is 50.8. The van der Waals surface area contributed by atoms with E-state index in [9.17, 15) is 28.7 Å². The number of carbonyl (C=O) groups excluding carboxylic acids is 3. The smallest absolute Gasteiger partial charge is 0.790 e. The van der Waals surface area contributed by atoms with Crippen LogP contribution < -0.4 is 68.9 Å². The number of hydrogen-bond acceptors (Lipinski definition) is 9. The number of terminal acetylenes is 1. The molecule has 0 fully saturated rings. The molecular formula is C33H61Na2O9PS. The second-order valence-corrected chi connectivity index (χ2v) is 10.3. The molecule has 0 rings (SSSR count). The Morgan fingerprint density at radius 1 is 0.761 bits per heavy atom. The van der Waals surface area contributed by atoms with Gasteiger partial charge >= 0.3 is 71.1 Å². The van der Waals surface area contributed by atoms with E-state index in [1.807, 2.05) is 0 Å². The number of carbonyl (C=O) groups is 3. The molecule has 0 aromatic heterocycles. The molecule has 1 atom stereocenters. The number of ether oxygens (including phenoxy) is 2. The van der Waals surface area contributed by atoms with Gasteiger partial charge in [-0.05, 0) is 77.5 Å². The van der Waals surface area contributed by atoms with Crippen molar-refractivity contribution in [1.82, 2.24) is 0 Å². The minimum atomic E-state index is -5.32. The Morgan fingerprint density at radius 3 is 1.61 bits per heavy atom. The predicted octanol–water partition coefficient (Wildman–Crippen LogP) is -0.0800. The van der Waals surface area contributed by atoms with Crippen molar-refractivity contribution in [2.24, 2.45) is 0 Å². The maximum absolute atomic E-state index is 12.1. The van der Waals surface area contributed by atoms with E-state index in [1.54, 1.807) is 0 Å². The van der Waals surface area contributed by atoms with Gasteiger partial charge in [0.15, 0.2) is 11.2 Å². The van der Waals surface area contributed by atoms with Crippen molar-refractivity contribution in [3.05, 3.63) is 0 Å². The van der Waals surface area contributed by atoms with Gasteiger partial charge in [0.2, 0.25) is 0 Å². The second-order valence-electron chi connectivity index (χ2n) is 8.55.